The van der Waals surface area contributed by atoms with E-state index in [1.165, 1.54) is 41.5 Å². The van der Waals surface area contributed by atoms with Gasteiger partial charge in [0.1, 0.15) is 5.00 Å². The van der Waals surface area contributed by atoms with Gasteiger partial charge >= 0.3 is 5.97 Å². The van der Waals surface area contributed by atoms with Gasteiger partial charge in [-0.2, -0.15) is 0 Å². The molecule has 0 atom stereocenters. The highest BCUT2D eigenvalue weighted by Crippen LogP contribution is 2.37. The number of nitrogens with zero attached hydrogens (tertiary/aromatic N) is 3. The van der Waals surface area contributed by atoms with Crippen molar-refractivity contribution >= 4 is 51.6 Å². The number of carbonyl (C=O) groups is 2. The molecule has 0 unspecified atom stereocenters. The van der Waals surface area contributed by atoms with Crippen LogP contribution in [-0.2, 0) is 28.9 Å². The Bertz CT molecular complexity index is 1190. The first-order valence-electron chi connectivity index (χ1n) is 11.4. The Kier molecular flexibility index (Phi) is 8.28. The van der Waals surface area contributed by atoms with E-state index in [0.29, 0.717) is 33.1 Å². The molecular formula is C24H27ClN4O3S2. The highest BCUT2D eigenvalue weighted by Gasteiger charge is 2.26. The summed E-state index contributed by atoms with van der Waals surface area (Å²) in [6.45, 7) is 2.66. The first kappa shape index (κ1) is 24.8. The van der Waals surface area contributed by atoms with Gasteiger partial charge in [0.2, 0.25) is 5.91 Å². The number of hydrogen-bond donors (Lipinski definition) is 1. The standard InChI is InChI=1S/C24H27ClN4O3S2/c1-3-29-21(15-9-8-10-16(25)13-15)27-28-24(29)33-14-19(30)26-22-20(23(31)32-2)17-11-6-4-5-7-12-18(17)34-22/h8-10,13H,3-7,11-12,14H2,1-2H3,(H,26,30). The zero-order valence-electron chi connectivity index (χ0n) is 19.2. The largest absolute Gasteiger partial charge is 0.465 e. The van der Waals surface area contributed by atoms with Crippen molar-refractivity contribution in [2.24, 2.45) is 0 Å². The number of aryl methyl sites for hydroxylation is 1. The molecule has 0 saturated carbocycles. The summed E-state index contributed by atoms with van der Waals surface area (Å²) >= 11 is 8.94. The van der Waals surface area contributed by atoms with Gasteiger partial charge in [0.05, 0.1) is 18.4 Å². The molecule has 4 rings (SSSR count). The predicted octanol–water partition coefficient (Wildman–Crippen LogP) is 5.86. The number of nitrogens with one attached hydrogen (secondary N) is 1. The fourth-order valence-corrected chi connectivity index (χ4v) is 6.43. The Hall–Kier alpha value is -2.36. The summed E-state index contributed by atoms with van der Waals surface area (Å²) in [5.74, 6) is 0.271. The maximum absolute atomic E-state index is 12.9. The number of benzene rings is 1. The van der Waals surface area contributed by atoms with E-state index in [0.717, 1.165) is 43.2 Å². The van der Waals surface area contributed by atoms with Crippen LogP contribution in [0, 0.1) is 0 Å². The van der Waals surface area contributed by atoms with Crippen LogP contribution in [0.25, 0.3) is 11.4 Å². The minimum Gasteiger partial charge on any atom is -0.465 e. The third-order valence-electron chi connectivity index (χ3n) is 5.76. The summed E-state index contributed by atoms with van der Waals surface area (Å²) in [4.78, 5) is 26.6. The smallest absolute Gasteiger partial charge is 0.341 e. The zero-order chi connectivity index (χ0) is 24.1. The molecule has 1 aromatic carbocycles. The Labute approximate surface area is 212 Å². The summed E-state index contributed by atoms with van der Waals surface area (Å²) < 4.78 is 7.01. The lowest BCUT2D eigenvalue weighted by molar-refractivity contribution is -0.113. The normalized spacial score (nSPS) is 13.6. The highest BCUT2D eigenvalue weighted by molar-refractivity contribution is 7.99. The first-order valence-corrected chi connectivity index (χ1v) is 13.5. The minimum atomic E-state index is -0.391. The molecule has 0 spiro atoms. The topological polar surface area (TPSA) is 86.1 Å². The Morgan fingerprint density at radius 2 is 2.00 bits per heavy atom. The van der Waals surface area contributed by atoms with Crippen molar-refractivity contribution in [1.82, 2.24) is 14.8 Å². The van der Waals surface area contributed by atoms with Crippen molar-refractivity contribution < 1.29 is 14.3 Å². The molecular weight excluding hydrogens is 492 g/mol. The summed E-state index contributed by atoms with van der Waals surface area (Å²) in [7, 11) is 1.38. The van der Waals surface area contributed by atoms with Gasteiger partial charge in [-0.15, -0.1) is 21.5 Å². The first-order chi connectivity index (χ1) is 16.5. The van der Waals surface area contributed by atoms with Crippen LogP contribution < -0.4 is 5.32 Å². The number of thioether (sulfide) groups is 1. The highest BCUT2D eigenvalue weighted by atomic mass is 35.5. The van der Waals surface area contributed by atoms with Gasteiger partial charge < -0.3 is 14.6 Å². The number of thiophene rings is 1. The van der Waals surface area contributed by atoms with E-state index in [9.17, 15) is 9.59 Å². The summed E-state index contributed by atoms with van der Waals surface area (Å²) in [6.07, 6.45) is 6.26. The molecule has 2 heterocycles. The number of rotatable bonds is 7. The molecule has 10 heteroatoms. The van der Waals surface area contributed by atoms with Gasteiger partial charge in [0.25, 0.3) is 0 Å². The lowest BCUT2D eigenvalue weighted by Crippen LogP contribution is -2.17. The third kappa shape index (κ3) is 5.47. The number of aromatic nitrogens is 3. The number of carbonyl (C=O) groups excluding carboxylic acids is 2. The van der Waals surface area contributed by atoms with Crippen LogP contribution in [0.2, 0.25) is 5.02 Å². The molecule has 0 saturated heterocycles. The maximum atomic E-state index is 12.9. The molecule has 34 heavy (non-hydrogen) atoms. The Morgan fingerprint density at radius 1 is 1.21 bits per heavy atom. The molecule has 180 valence electrons. The van der Waals surface area contributed by atoms with Gasteiger partial charge in [-0.3, -0.25) is 4.79 Å². The van der Waals surface area contributed by atoms with Gasteiger partial charge in [-0.1, -0.05) is 48.3 Å². The molecule has 0 radical (unpaired) electrons. The van der Waals surface area contributed by atoms with Crippen molar-refractivity contribution in [1.29, 1.82) is 0 Å². The quantitative estimate of drug-likeness (QED) is 0.311. The summed E-state index contributed by atoms with van der Waals surface area (Å²) in [5.41, 5.74) is 2.43. The molecule has 0 fully saturated rings. The van der Waals surface area contributed by atoms with E-state index < -0.39 is 5.97 Å². The van der Waals surface area contributed by atoms with E-state index >= 15 is 0 Å². The van der Waals surface area contributed by atoms with E-state index in [1.807, 2.05) is 35.8 Å². The molecule has 1 aliphatic carbocycles. The fraction of sp³-hybridized carbons (Fsp3) is 0.417. The average Bonchev–Trinajstić information content (AvgIpc) is 3.37. The van der Waals surface area contributed by atoms with Gasteiger partial charge in [-0.25, -0.2) is 4.79 Å². The molecule has 0 aliphatic heterocycles. The van der Waals surface area contributed by atoms with Crippen LogP contribution in [0.5, 0.6) is 0 Å². The lowest BCUT2D eigenvalue weighted by Gasteiger charge is -2.11. The zero-order valence-corrected chi connectivity index (χ0v) is 21.6. The second-order valence-corrected chi connectivity index (χ2v) is 10.5. The van der Waals surface area contributed by atoms with Crippen molar-refractivity contribution in [3.05, 3.63) is 45.3 Å². The molecule has 7 nitrogen and oxygen atoms in total. The number of methoxy groups -OCH3 is 1. The van der Waals surface area contributed by atoms with Crippen LogP contribution in [0.4, 0.5) is 5.00 Å². The van der Waals surface area contributed by atoms with Crippen LogP contribution >= 0.6 is 34.7 Å². The molecule has 1 aliphatic rings. The van der Waals surface area contributed by atoms with Crippen LogP contribution in [0.15, 0.2) is 29.4 Å². The van der Waals surface area contributed by atoms with Gasteiger partial charge in [-0.05, 0) is 50.3 Å². The molecule has 3 aromatic rings. The second-order valence-electron chi connectivity index (χ2n) is 8.01. The van der Waals surface area contributed by atoms with E-state index in [1.54, 1.807) is 0 Å². The van der Waals surface area contributed by atoms with Crippen molar-refractivity contribution in [2.45, 2.75) is 57.1 Å². The number of halogens is 1. The molecule has 1 amide bonds. The van der Waals surface area contributed by atoms with Crippen LogP contribution in [0.1, 0.15) is 53.4 Å². The molecule has 2 aromatic heterocycles. The van der Waals surface area contributed by atoms with E-state index in [-0.39, 0.29) is 11.7 Å². The number of ether oxygens (including phenoxy) is 1. The van der Waals surface area contributed by atoms with Crippen molar-refractivity contribution in [2.75, 3.05) is 18.2 Å². The third-order valence-corrected chi connectivity index (χ3v) is 8.17. The lowest BCUT2D eigenvalue weighted by atomic mass is 9.96. The molecule has 0 bridgehead atoms. The second kappa shape index (κ2) is 11.4. The van der Waals surface area contributed by atoms with Crippen LogP contribution in [0.3, 0.4) is 0 Å². The monoisotopic (exact) mass is 518 g/mol. The maximum Gasteiger partial charge on any atom is 0.341 e. The van der Waals surface area contributed by atoms with Crippen LogP contribution in [-0.4, -0.2) is 39.5 Å². The Balaban J connectivity index is 1.50. The fourth-order valence-electron chi connectivity index (χ4n) is 4.14. The molecule has 1 N–H and O–H groups in total. The number of hydrogen-bond acceptors (Lipinski definition) is 7. The summed E-state index contributed by atoms with van der Waals surface area (Å²) in [6, 6.07) is 7.46. The summed E-state index contributed by atoms with van der Waals surface area (Å²) in [5, 5.41) is 13.4. The average molecular weight is 519 g/mol. The van der Waals surface area contributed by atoms with Crippen molar-refractivity contribution in [3.63, 3.8) is 0 Å². The number of anilines is 1. The van der Waals surface area contributed by atoms with Gasteiger partial charge in [0.15, 0.2) is 11.0 Å². The number of amides is 1. The Morgan fingerprint density at radius 3 is 2.74 bits per heavy atom. The SMILES string of the molecule is CCn1c(SCC(=O)Nc2sc3c(c2C(=O)OC)CCCCCC3)nnc1-c1cccc(Cl)c1. The number of fused-ring (bicyclic) bond motifs is 1. The van der Waals surface area contributed by atoms with Gasteiger partial charge in [0, 0.05) is 22.0 Å². The van der Waals surface area contributed by atoms with E-state index in [4.69, 9.17) is 16.3 Å². The predicted molar refractivity (Wildman–Crippen MR) is 137 cm³/mol. The number of esters is 1. The minimum absolute atomic E-state index is 0.150. The van der Waals surface area contributed by atoms with E-state index in [2.05, 4.69) is 15.5 Å². The van der Waals surface area contributed by atoms with Crippen molar-refractivity contribution in [3.8, 4) is 11.4 Å².